The van der Waals surface area contributed by atoms with Crippen molar-refractivity contribution in [2.24, 2.45) is 0 Å². The summed E-state index contributed by atoms with van der Waals surface area (Å²) in [7, 11) is -1.05. The average Bonchev–Trinajstić information content (AvgIpc) is 2.81. The van der Waals surface area contributed by atoms with Crippen molar-refractivity contribution in [3.63, 3.8) is 0 Å². The maximum atomic E-state index is 5.85. The lowest BCUT2D eigenvalue weighted by atomic mass is 10.2. The third-order valence-corrected chi connectivity index (χ3v) is 5.27. The first-order valence-electron chi connectivity index (χ1n) is 7.95. The monoisotopic (exact) mass is 328 g/mol. The Hall–Kier alpha value is -1.90. The summed E-state index contributed by atoms with van der Waals surface area (Å²) in [5.41, 5.74) is 2.89. The summed E-state index contributed by atoms with van der Waals surface area (Å²) < 4.78 is 7.92. The lowest BCUT2D eigenvalue weighted by molar-refractivity contribution is -0.738. The number of nitrogens with zero attached hydrogens (tertiary/aromatic N) is 2. The molecule has 0 aliphatic carbocycles. The molecule has 0 saturated heterocycles. The van der Waals surface area contributed by atoms with E-state index in [1.807, 2.05) is 32.2 Å². The molecule has 4 nitrogen and oxygen atoms in total. The Morgan fingerprint density at radius 3 is 2.74 bits per heavy atom. The summed E-state index contributed by atoms with van der Waals surface area (Å²) in [5, 5.41) is 0. The van der Waals surface area contributed by atoms with E-state index in [0.29, 0.717) is 6.73 Å². The topological polar surface area (TPSA) is 41.8 Å². The van der Waals surface area contributed by atoms with Gasteiger partial charge in [-0.15, -0.1) is 0 Å². The molecular weight excluding hydrogens is 302 g/mol. The second-order valence-electron chi connectivity index (χ2n) is 6.97. The molecule has 0 atom stereocenters. The highest BCUT2D eigenvalue weighted by atomic mass is 28.3. The van der Waals surface area contributed by atoms with Gasteiger partial charge < -0.3 is 4.74 Å². The molecule has 0 unspecified atom stereocenters. The number of ether oxygens (including phenoxy) is 1. The van der Waals surface area contributed by atoms with Crippen molar-refractivity contribution in [1.82, 2.24) is 9.97 Å². The van der Waals surface area contributed by atoms with Crippen LogP contribution in [0.25, 0.3) is 0 Å². The highest BCUT2D eigenvalue weighted by Gasteiger charge is 2.15. The van der Waals surface area contributed by atoms with Gasteiger partial charge in [-0.2, -0.15) is 4.57 Å². The number of rotatable bonds is 5. The van der Waals surface area contributed by atoms with Crippen molar-refractivity contribution < 1.29 is 9.30 Å². The Labute approximate surface area is 139 Å². The molecule has 0 spiro atoms. The highest BCUT2D eigenvalue weighted by Crippen LogP contribution is 2.07. The Kier molecular flexibility index (Phi) is 5.75. The molecule has 0 radical (unpaired) electrons. The largest absolute Gasteiger partial charge is 0.342 e. The first-order valence-corrected chi connectivity index (χ1v) is 11.7. The second-order valence-corrected chi connectivity index (χ2v) is 12.6. The summed E-state index contributed by atoms with van der Waals surface area (Å²) in [6.07, 6.45) is 3.72. The molecule has 0 aliphatic heterocycles. The van der Waals surface area contributed by atoms with E-state index in [1.165, 1.54) is 6.04 Å². The van der Waals surface area contributed by atoms with Gasteiger partial charge >= 0.3 is 0 Å². The molecular formula is C18H26N3OSi+. The van der Waals surface area contributed by atoms with Crippen LogP contribution in [-0.4, -0.2) is 24.6 Å². The number of nitrogens with one attached hydrogen (secondary N) is 1. The van der Waals surface area contributed by atoms with Crippen molar-refractivity contribution in [2.75, 3.05) is 6.61 Å². The maximum Gasteiger partial charge on any atom is 0.253 e. The molecule has 2 heterocycles. The minimum atomic E-state index is -1.05. The van der Waals surface area contributed by atoms with Crippen molar-refractivity contribution in [3.05, 3.63) is 47.3 Å². The number of imidazole rings is 1. The molecule has 0 aromatic carbocycles. The Morgan fingerprint density at radius 2 is 2.04 bits per heavy atom. The fraction of sp³-hybridized carbons (Fsp3) is 0.444. The van der Waals surface area contributed by atoms with Crippen molar-refractivity contribution in [2.45, 2.75) is 46.3 Å². The number of aromatic amines is 1. The van der Waals surface area contributed by atoms with Crippen molar-refractivity contribution in [3.8, 4) is 11.8 Å². The van der Waals surface area contributed by atoms with Crippen LogP contribution >= 0.6 is 0 Å². The maximum absolute atomic E-state index is 5.85. The minimum Gasteiger partial charge on any atom is -0.342 e. The van der Waals surface area contributed by atoms with E-state index in [0.717, 1.165) is 29.4 Å². The van der Waals surface area contributed by atoms with Crippen LogP contribution in [0.3, 0.4) is 0 Å². The summed E-state index contributed by atoms with van der Waals surface area (Å²) in [6, 6.07) is 5.09. The lowest BCUT2D eigenvalue weighted by Gasteiger charge is -2.14. The smallest absolute Gasteiger partial charge is 0.253 e. The van der Waals surface area contributed by atoms with Crippen molar-refractivity contribution in [1.29, 1.82) is 0 Å². The molecule has 0 saturated carbocycles. The summed E-state index contributed by atoms with van der Waals surface area (Å²) in [5.74, 6) is 7.46. The van der Waals surface area contributed by atoms with Crippen LogP contribution in [0.2, 0.25) is 25.7 Å². The van der Waals surface area contributed by atoms with Crippen LogP contribution in [0.4, 0.5) is 0 Å². The SMILES string of the molecule is Cc1cc(C#Cc2c[nH]c(C)[n+]2COCC[Si](C)(C)C)ccn1. The van der Waals surface area contributed by atoms with Crippen LogP contribution in [0.5, 0.6) is 0 Å². The van der Waals surface area contributed by atoms with E-state index in [-0.39, 0.29) is 0 Å². The zero-order chi connectivity index (χ0) is 16.9. The fourth-order valence-corrected chi connectivity index (χ4v) is 2.83. The Balaban J connectivity index is 2.04. The summed E-state index contributed by atoms with van der Waals surface area (Å²) in [4.78, 5) is 7.41. The molecule has 5 heteroatoms. The lowest BCUT2D eigenvalue weighted by Crippen LogP contribution is -2.40. The third kappa shape index (κ3) is 5.66. The summed E-state index contributed by atoms with van der Waals surface area (Å²) in [6.45, 7) is 12.4. The van der Waals surface area contributed by atoms with Crippen LogP contribution in [0.15, 0.2) is 24.5 Å². The van der Waals surface area contributed by atoms with Gasteiger partial charge in [0.2, 0.25) is 5.69 Å². The quantitative estimate of drug-likeness (QED) is 0.397. The number of aryl methyl sites for hydroxylation is 2. The number of pyridine rings is 1. The average molecular weight is 329 g/mol. The zero-order valence-corrected chi connectivity index (χ0v) is 15.7. The van der Waals surface area contributed by atoms with Gasteiger partial charge in [0.25, 0.3) is 5.82 Å². The van der Waals surface area contributed by atoms with Gasteiger partial charge in [0, 0.05) is 39.1 Å². The van der Waals surface area contributed by atoms with E-state index in [4.69, 9.17) is 4.74 Å². The Morgan fingerprint density at radius 1 is 1.26 bits per heavy atom. The highest BCUT2D eigenvalue weighted by molar-refractivity contribution is 6.76. The standard InChI is InChI=1S/C18H25N3OSi/c1-15-12-17(8-9-19-15)6-7-18-13-20-16(2)21(18)14-22-10-11-23(3,4)5/h8-9,12-13H,10-11,14H2,1-5H3/p+1. The zero-order valence-electron chi connectivity index (χ0n) is 14.7. The number of H-pyrrole nitrogens is 1. The fourth-order valence-electron chi connectivity index (χ4n) is 2.07. The first kappa shape index (κ1) is 17.5. The molecule has 0 amide bonds. The molecule has 0 aliphatic rings. The van der Waals surface area contributed by atoms with Gasteiger partial charge in [-0.3, -0.25) is 4.98 Å². The first-order chi connectivity index (χ1) is 10.8. The van der Waals surface area contributed by atoms with Crippen LogP contribution < -0.4 is 4.57 Å². The normalized spacial score (nSPS) is 11.2. The number of hydrogen-bond donors (Lipinski definition) is 1. The van der Waals surface area contributed by atoms with Gasteiger partial charge in [0.05, 0.1) is 0 Å². The van der Waals surface area contributed by atoms with E-state index in [2.05, 4.69) is 46.0 Å². The molecule has 0 bridgehead atoms. The van der Waals surface area contributed by atoms with Gasteiger partial charge in [0.1, 0.15) is 6.20 Å². The van der Waals surface area contributed by atoms with Crippen LogP contribution in [0.1, 0.15) is 22.8 Å². The van der Waals surface area contributed by atoms with Crippen LogP contribution in [-0.2, 0) is 11.5 Å². The minimum absolute atomic E-state index is 0.541. The van der Waals surface area contributed by atoms with E-state index < -0.39 is 8.07 Å². The van der Waals surface area contributed by atoms with Crippen molar-refractivity contribution >= 4 is 8.07 Å². The predicted octanol–water partition coefficient (Wildman–Crippen LogP) is 3.03. The molecule has 122 valence electrons. The molecule has 2 aromatic rings. The third-order valence-electron chi connectivity index (χ3n) is 3.56. The molecule has 0 fully saturated rings. The van der Waals surface area contributed by atoms with Gasteiger partial charge in [-0.25, -0.2) is 4.98 Å². The Bertz CT molecular complexity index is 720. The molecule has 1 N–H and O–H groups in total. The summed E-state index contributed by atoms with van der Waals surface area (Å²) >= 11 is 0. The van der Waals surface area contributed by atoms with Crippen LogP contribution in [0, 0.1) is 25.7 Å². The molecule has 23 heavy (non-hydrogen) atoms. The molecule has 2 aromatic heterocycles. The second kappa shape index (κ2) is 7.58. The number of aromatic nitrogens is 3. The van der Waals surface area contributed by atoms with E-state index in [9.17, 15) is 0 Å². The van der Waals surface area contributed by atoms with E-state index >= 15 is 0 Å². The van der Waals surface area contributed by atoms with Gasteiger partial charge in [-0.1, -0.05) is 25.6 Å². The predicted molar refractivity (Wildman–Crippen MR) is 94.8 cm³/mol. The van der Waals surface area contributed by atoms with Gasteiger partial charge in [0.15, 0.2) is 6.73 Å². The van der Waals surface area contributed by atoms with Gasteiger partial charge in [-0.05, 0) is 31.0 Å². The van der Waals surface area contributed by atoms with E-state index in [1.54, 1.807) is 6.20 Å². The number of hydrogen-bond acceptors (Lipinski definition) is 2. The molecule has 2 rings (SSSR count).